The molecule has 6 heteroatoms. The Morgan fingerprint density at radius 1 is 1.61 bits per heavy atom. The predicted molar refractivity (Wildman–Crippen MR) is 92.4 cm³/mol. The SMILES string of the molecule is C#C/C=C\C=C(/C)n1c(C2CCCN2)nn2ccc(Cl)c2c1=O. The molecule has 23 heavy (non-hydrogen) atoms. The standard InChI is InChI=1S/C17H17ClN4O/c1-3-4-5-7-12(2)22-16(14-8-6-10-19-14)20-21-11-9-13(18)15(21)17(22)23/h1,4-5,7,9,11,14,19H,6,8,10H2,2H3/b5-4-,12-7+. The van der Waals surface area contributed by atoms with E-state index in [-0.39, 0.29) is 11.6 Å². The minimum Gasteiger partial charge on any atom is -0.307 e. The van der Waals surface area contributed by atoms with Crippen molar-refractivity contribution in [1.82, 2.24) is 19.5 Å². The second-order valence-electron chi connectivity index (χ2n) is 5.44. The summed E-state index contributed by atoms with van der Waals surface area (Å²) in [6.07, 6.45) is 14.0. The van der Waals surface area contributed by atoms with E-state index in [1.54, 1.807) is 39.6 Å². The molecule has 118 valence electrons. The Kier molecular flexibility index (Phi) is 4.37. The Labute approximate surface area is 139 Å². The van der Waals surface area contributed by atoms with E-state index in [2.05, 4.69) is 16.3 Å². The van der Waals surface area contributed by atoms with Gasteiger partial charge < -0.3 is 5.32 Å². The van der Waals surface area contributed by atoms with Crippen molar-refractivity contribution in [1.29, 1.82) is 0 Å². The van der Waals surface area contributed by atoms with Gasteiger partial charge in [0.05, 0.1) is 11.1 Å². The molecule has 0 aliphatic carbocycles. The third-order valence-corrected chi connectivity index (χ3v) is 4.22. The maximum Gasteiger partial charge on any atom is 0.283 e. The van der Waals surface area contributed by atoms with E-state index in [0.29, 0.717) is 16.4 Å². The molecule has 1 atom stereocenters. The molecule has 0 amide bonds. The Balaban J connectivity index is 2.25. The number of nitrogens with zero attached hydrogens (tertiary/aromatic N) is 3. The van der Waals surface area contributed by atoms with Gasteiger partial charge in [-0.2, -0.15) is 5.10 Å². The molecule has 1 fully saturated rings. The summed E-state index contributed by atoms with van der Waals surface area (Å²) in [5, 5.41) is 8.40. The van der Waals surface area contributed by atoms with Crippen molar-refractivity contribution in [2.24, 2.45) is 0 Å². The normalized spacial score (nSPS) is 18.8. The molecule has 0 saturated carbocycles. The van der Waals surface area contributed by atoms with E-state index in [1.807, 2.05) is 6.92 Å². The average Bonchev–Trinajstić information content (AvgIpc) is 3.17. The van der Waals surface area contributed by atoms with E-state index in [9.17, 15) is 4.79 Å². The number of aromatic nitrogens is 3. The van der Waals surface area contributed by atoms with Gasteiger partial charge in [-0.3, -0.25) is 9.36 Å². The molecule has 1 saturated heterocycles. The maximum absolute atomic E-state index is 12.9. The highest BCUT2D eigenvalue weighted by molar-refractivity contribution is 6.33. The number of rotatable bonds is 3. The van der Waals surface area contributed by atoms with Crippen molar-refractivity contribution >= 4 is 22.8 Å². The summed E-state index contributed by atoms with van der Waals surface area (Å²) in [5.74, 6) is 3.12. The fourth-order valence-corrected chi connectivity index (χ4v) is 3.06. The molecule has 0 spiro atoms. The summed E-state index contributed by atoms with van der Waals surface area (Å²) in [4.78, 5) is 12.9. The minimum absolute atomic E-state index is 0.0493. The highest BCUT2D eigenvalue weighted by Crippen LogP contribution is 2.24. The molecule has 3 rings (SSSR count). The zero-order chi connectivity index (χ0) is 16.4. The van der Waals surface area contributed by atoms with Crippen LogP contribution in [0.1, 0.15) is 31.6 Å². The quantitative estimate of drug-likeness (QED) is 0.696. The first-order valence-corrected chi connectivity index (χ1v) is 7.84. The van der Waals surface area contributed by atoms with Gasteiger partial charge in [0.1, 0.15) is 5.52 Å². The first kappa shape index (κ1) is 15.6. The molecular formula is C17H17ClN4O. The lowest BCUT2D eigenvalue weighted by atomic mass is 10.2. The molecule has 2 aromatic rings. The third kappa shape index (κ3) is 2.83. The van der Waals surface area contributed by atoms with Crippen LogP contribution in [0.4, 0.5) is 0 Å². The fourth-order valence-electron chi connectivity index (χ4n) is 2.84. The van der Waals surface area contributed by atoms with Crippen LogP contribution in [0.25, 0.3) is 11.2 Å². The van der Waals surface area contributed by atoms with E-state index in [0.717, 1.165) is 25.1 Å². The zero-order valence-electron chi connectivity index (χ0n) is 12.8. The number of halogens is 1. The van der Waals surface area contributed by atoms with Crippen molar-refractivity contribution in [3.05, 3.63) is 51.7 Å². The lowest BCUT2D eigenvalue weighted by molar-refractivity contribution is 0.562. The third-order valence-electron chi connectivity index (χ3n) is 3.92. The van der Waals surface area contributed by atoms with Gasteiger partial charge in [0, 0.05) is 11.9 Å². The van der Waals surface area contributed by atoms with Crippen LogP contribution >= 0.6 is 11.6 Å². The summed E-state index contributed by atoms with van der Waals surface area (Å²) in [7, 11) is 0. The minimum atomic E-state index is -0.179. The summed E-state index contributed by atoms with van der Waals surface area (Å²) in [6.45, 7) is 2.78. The average molecular weight is 329 g/mol. The van der Waals surface area contributed by atoms with Crippen LogP contribution in [0.15, 0.2) is 35.3 Å². The second kappa shape index (κ2) is 6.45. The Morgan fingerprint density at radius 3 is 3.13 bits per heavy atom. The van der Waals surface area contributed by atoms with Gasteiger partial charge in [0.2, 0.25) is 0 Å². The lowest BCUT2D eigenvalue weighted by Crippen LogP contribution is -2.30. The molecule has 5 nitrogen and oxygen atoms in total. The highest BCUT2D eigenvalue weighted by atomic mass is 35.5. The lowest BCUT2D eigenvalue weighted by Gasteiger charge is -2.17. The van der Waals surface area contributed by atoms with Gasteiger partial charge in [0.15, 0.2) is 5.82 Å². The zero-order valence-corrected chi connectivity index (χ0v) is 13.5. The van der Waals surface area contributed by atoms with Gasteiger partial charge in [-0.15, -0.1) is 6.42 Å². The first-order valence-electron chi connectivity index (χ1n) is 7.46. The van der Waals surface area contributed by atoms with Crippen LogP contribution in [0.3, 0.4) is 0 Å². The van der Waals surface area contributed by atoms with Crippen LogP contribution in [0, 0.1) is 12.3 Å². The molecular weight excluding hydrogens is 312 g/mol. The second-order valence-corrected chi connectivity index (χ2v) is 5.85. The Hall–Kier alpha value is -2.29. The molecule has 0 aromatic carbocycles. The monoisotopic (exact) mass is 328 g/mol. The Morgan fingerprint density at radius 2 is 2.43 bits per heavy atom. The molecule has 3 heterocycles. The van der Waals surface area contributed by atoms with Crippen LogP contribution in [0.2, 0.25) is 5.02 Å². The number of terminal acetylenes is 1. The van der Waals surface area contributed by atoms with E-state index in [4.69, 9.17) is 18.0 Å². The highest BCUT2D eigenvalue weighted by Gasteiger charge is 2.24. The van der Waals surface area contributed by atoms with Gasteiger partial charge in [-0.25, -0.2) is 4.52 Å². The van der Waals surface area contributed by atoms with Gasteiger partial charge >= 0.3 is 0 Å². The van der Waals surface area contributed by atoms with Crippen LogP contribution in [-0.2, 0) is 0 Å². The van der Waals surface area contributed by atoms with E-state index >= 15 is 0 Å². The van der Waals surface area contributed by atoms with Crippen molar-refractivity contribution in [2.75, 3.05) is 6.54 Å². The van der Waals surface area contributed by atoms with Gasteiger partial charge in [-0.1, -0.05) is 23.6 Å². The van der Waals surface area contributed by atoms with Crippen LogP contribution in [-0.4, -0.2) is 20.7 Å². The van der Waals surface area contributed by atoms with Crippen molar-refractivity contribution in [2.45, 2.75) is 25.8 Å². The number of allylic oxidation sites excluding steroid dienone is 4. The summed E-state index contributed by atoms with van der Waals surface area (Å²) < 4.78 is 3.17. The molecule has 1 aliphatic rings. The topological polar surface area (TPSA) is 51.3 Å². The van der Waals surface area contributed by atoms with Crippen LogP contribution in [0.5, 0.6) is 0 Å². The fraction of sp³-hybridized carbons (Fsp3) is 0.294. The molecule has 0 radical (unpaired) electrons. The molecule has 1 aliphatic heterocycles. The summed E-state index contributed by atoms with van der Waals surface area (Å²) in [5.41, 5.74) is 0.945. The first-order chi connectivity index (χ1) is 11.1. The number of hydrogen-bond acceptors (Lipinski definition) is 3. The largest absolute Gasteiger partial charge is 0.307 e. The maximum atomic E-state index is 12.9. The molecule has 2 aromatic heterocycles. The van der Waals surface area contributed by atoms with Crippen molar-refractivity contribution < 1.29 is 0 Å². The molecule has 0 bridgehead atoms. The smallest absolute Gasteiger partial charge is 0.283 e. The number of fused-ring (bicyclic) bond motifs is 1. The van der Waals surface area contributed by atoms with Gasteiger partial charge in [-0.05, 0) is 44.5 Å². The number of hydrogen-bond donors (Lipinski definition) is 1. The van der Waals surface area contributed by atoms with Gasteiger partial charge in [0.25, 0.3) is 5.56 Å². The number of nitrogens with one attached hydrogen (secondary N) is 1. The van der Waals surface area contributed by atoms with E-state index < -0.39 is 0 Å². The van der Waals surface area contributed by atoms with Crippen LogP contribution < -0.4 is 10.9 Å². The Bertz CT molecular complexity index is 892. The summed E-state index contributed by atoms with van der Waals surface area (Å²) in [6, 6.07) is 1.73. The predicted octanol–water partition coefficient (Wildman–Crippen LogP) is 2.62. The van der Waals surface area contributed by atoms with Crippen molar-refractivity contribution in [3.8, 4) is 12.3 Å². The van der Waals surface area contributed by atoms with E-state index in [1.165, 1.54) is 0 Å². The summed E-state index contributed by atoms with van der Waals surface area (Å²) >= 11 is 6.14. The molecule has 1 unspecified atom stereocenters. The molecule has 1 N–H and O–H groups in total. The van der Waals surface area contributed by atoms with Crippen molar-refractivity contribution in [3.63, 3.8) is 0 Å².